The molecule has 0 bridgehead atoms. The second-order valence-corrected chi connectivity index (χ2v) is 4.96. The molecule has 0 saturated carbocycles. The van der Waals surface area contributed by atoms with Crippen LogP contribution in [-0.4, -0.2) is 44.4 Å². The minimum atomic E-state index is -0.792. The lowest BCUT2D eigenvalue weighted by atomic mass is 9.89. The highest BCUT2D eigenvalue weighted by atomic mass is 16.3. The molecule has 0 radical (unpaired) electrons. The molecule has 7 heteroatoms. The van der Waals surface area contributed by atoms with E-state index in [4.69, 9.17) is 0 Å². The Hall–Kier alpha value is -1.89. The summed E-state index contributed by atoms with van der Waals surface area (Å²) in [7, 11) is 0. The van der Waals surface area contributed by atoms with Gasteiger partial charge in [-0.05, 0) is 6.42 Å². The van der Waals surface area contributed by atoms with Gasteiger partial charge in [0.05, 0.1) is 18.7 Å². The van der Waals surface area contributed by atoms with Gasteiger partial charge in [0.1, 0.15) is 6.54 Å². The van der Waals surface area contributed by atoms with Crippen LogP contribution in [0.1, 0.15) is 19.8 Å². The van der Waals surface area contributed by atoms with Gasteiger partial charge in [-0.15, -0.1) is 0 Å². The number of nitrogens with one attached hydrogen (secondary N) is 1. The summed E-state index contributed by atoms with van der Waals surface area (Å²) in [6.07, 6.45) is 1.50. The van der Waals surface area contributed by atoms with Crippen molar-refractivity contribution >= 4 is 5.91 Å². The van der Waals surface area contributed by atoms with E-state index in [-0.39, 0.29) is 25.5 Å². The number of aromatic amines is 1. The Bertz CT molecular complexity index is 583. The molecule has 1 amide bonds. The molecule has 1 aliphatic heterocycles. The van der Waals surface area contributed by atoms with Crippen LogP contribution < -0.4 is 11.1 Å². The first-order valence-corrected chi connectivity index (χ1v) is 6.24. The van der Waals surface area contributed by atoms with Gasteiger partial charge in [0.2, 0.25) is 5.91 Å². The molecule has 0 aromatic carbocycles. The summed E-state index contributed by atoms with van der Waals surface area (Å²) in [6, 6.07) is 2.24. The lowest BCUT2D eigenvalue weighted by Crippen LogP contribution is -2.64. The van der Waals surface area contributed by atoms with Gasteiger partial charge in [0.15, 0.2) is 0 Å². The van der Waals surface area contributed by atoms with Crippen molar-refractivity contribution in [1.82, 2.24) is 14.7 Å². The number of rotatable bonds is 4. The zero-order valence-corrected chi connectivity index (χ0v) is 10.8. The molecule has 0 spiro atoms. The van der Waals surface area contributed by atoms with E-state index >= 15 is 0 Å². The Morgan fingerprint density at radius 2 is 2.11 bits per heavy atom. The average Bonchev–Trinajstić information content (AvgIpc) is 2.31. The first kappa shape index (κ1) is 13.5. The first-order valence-electron chi connectivity index (χ1n) is 6.24. The quantitative estimate of drug-likeness (QED) is 0.724. The average molecular weight is 267 g/mol. The summed E-state index contributed by atoms with van der Waals surface area (Å²) in [5, 5.41) is 12.3. The van der Waals surface area contributed by atoms with Crippen molar-refractivity contribution < 1.29 is 9.90 Å². The van der Waals surface area contributed by atoms with E-state index in [9.17, 15) is 19.5 Å². The fraction of sp³-hybridized carbons (Fsp3) is 0.583. The van der Waals surface area contributed by atoms with Crippen molar-refractivity contribution in [3.05, 3.63) is 32.8 Å². The second-order valence-electron chi connectivity index (χ2n) is 4.96. The number of nitrogens with zero attached hydrogens (tertiary/aromatic N) is 2. The first-order chi connectivity index (χ1) is 8.93. The molecule has 2 heterocycles. The number of carbonyl (C=O) groups excluding carboxylic acids is 1. The fourth-order valence-electron chi connectivity index (χ4n) is 2.28. The van der Waals surface area contributed by atoms with Crippen LogP contribution in [0.3, 0.4) is 0 Å². The summed E-state index contributed by atoms with van der Waals surface area (Å²) in [5.74, 6) is -0.287. The predicted octanol–water partition coefficient (Wildman–Crippen LogP) is -1.09. The molecule has 2 rings (SSSR count). The molecule has 19 heavy (non-hydrogen) atoms. The highest BCUT2D eigenvalue weighted by Crippen LogP contribution is 2.25. The van der Waals surface area contributed by atoms with Crippen molar-refractivity contribution in [3.63, 3.8) is 0 Å². The molecule has 2 N–H and O–H groups in total. The maximum Gasteiger partial charge on any atom is 0.265 e. The van der Waals surface area contributed by atoms with E-state index in [1.54, 1.807) is 0 Å². The SMILES string of the molecule is CCCC1(O)CN(C(=O)Cn2[nH]c(=O)ccc2=O)C1. The standard InChI is InChI=1S/C12H17N3O4/c1-2-5-12(19)7-14(8-12)11(18)6-15-10(17)4-3-9(16)13-15/h3-4,19H,2,5-8H2,1H3,(H,13,16). The normalized spacial score (nSPS) is 17.1. The van der Waals surface area contributed by atoms with Crippen molar-refractivity contribution in [1.29, 1.82) is 0 Å². The van der Waals surface area contributed by atoms with Crippen LogP contribution in [-0.2, 0) is 11.3 Å². The summed E-state index contributed by atoms with van der Waals surface area (Å²) in [5.41, 5.74) is -1.66. The van der Waals surface area contributed by atoms with Crippen LogP contribution in [0.2, 0.25) is 0 Å². The minimum absolute atomic E-state index is 0.211. The molecule has 1 aromatic heterocycles. The van der Waals surface area contributed by atoms with Gasteiger partial charge >= 0.3 is 0 Å². The summed E-state index contributed by atoms with van der Waals surface area (Å²) in [4.78, 5) is 35.9. The Morgan fingerprint density at radius 1 is 1.42 bits per heavy atom. The molecule has 0 aliphatic carbocycles. The third kappa shape index (κ3) is 2.93. The number of hydrogen-bond acceptors (Lipinski definition) is 4. The van der Waals surface area contributed by atoms with Crippen molar-refractivity contribution in [3.8, 4) is 0 Å². The van der Waals surface area contributed by atoms with Crippen LogP contribution in [0, 0.1) is 0 Å². The van der Waals surface area contributed by atoms with E-state index in [1.165, 1.54) is 4.90 Å². The van der Waals surface area contributed by atoms with E-state index in [0.717, 1.165) is 23.2 Å². The third-order valence-corrected chi connectivity index (χ3v) is 3.22. The van der Waals surface area contributed by atoms with E-state index in [2.05, 4.69) is 5.10 Å². The van der Waals surface area contributed by atoms with E-state index in [0.29, 0.717) is 6.42 Å². The molecule has 7 nitrogen and oxygen atoms in total. The number of β-amino-alcohol motifs (C(OH)–C–C–N with tert-alkyl or cyclic N) is 1. The lowest BCUT2D eigenvalue weighted by Gasteiger charge is -2.46. The van der Waals surface area contributed by atoms with Gasteiger partial charge in [-0.3, -0.25) is 19.5 Å². The highest BCUT2D eigenvalue weighted by molar-refractivity contribution is 5.77. The highest BCUT2D eigenvalue weighted by Gasteiger charge is 2.42. The number of aromatic nitrogens is 2. The molecule has 104 valence electrons. The predicted molar refractivity (Wildman–Crippen MR) is 67.8 cm³/mol. The zero-order valence-electron chi connectivity index (χ0n) is 10.8. The van der Waals surface area contributed by atoms with Gasteiger partial charge in [0.25, 0.3) is 11.1 Å². The van der Waals surface area contributed by atoms with Crippen LogP contribution in [0.5, 0.6) is 0 Å². The molecule has 1 aromatic rings. The fourth-order valence-corrected chi connectivity index (χ4v) is 2.28. The molecular weight excluding hydrogens is 250 g/mol. The number of amides is 1. The van der Waals surface area contributed by atoms with E-state index < -0.39 is 16.7 Å². The Morgan fingerprint density at radius 3 is 2.74 bits per heavy atom. The molecule has 1 aliphatic rings. The van der Waals surface area contributed by atoms with Crippen molar-refractivity contribution in [2.75, 3.05) is 13.1 Å². The van der Waals surface area contributed by atoms with Gasteiger partial charge in [-0.1, -0.05) is 13.3 Å². The Labute approximate surface area is 109 Å². The topological polar surface area (TPSA) is 95.4 Å². The van der Waals surface area contributed by atoms with Crippen molar-refractivity contribution in [2.24, 2.45) is 0 Å². The smallest absolute Gasteiger partial charge is 0.265 e. The molecule has 0 unspecified atom stereocenters. The number of aliphatic hydroxyl groups is 1. The second kappa shape index (κ2) is 5.00. The Balaban J connectivity index is 1.98. The number of carbonyl (C=O) groups is 1. The maximum absolute atomic E-state index is 11.9. The number of H-pyrrole nitrogens is 1. The summed E-state index contributed by atoms with van der Waals surface area (Å²) >= 11 is 0. The van der Waals surface area contributed by atoms with Gasteiger partial charge < -0.3 is 10.0 Å². The third-order valence-electron chi connectivity index (χ3n) is 3.22. The largest absolute Gasteiger partial charge is 0.386 e. The maximum atomic E-state index is 11.9. The van der Waals surface area contributed by atoms with E-state index in [1.807, 2.05) is 6.92 Å². The van der Waals surface area contributed by atoms with Crippen LogP contribution in [0.4, 0.5) is 0 Å². The van der Waals surface area contributed by atoms with Crippen molar-refractivity contribution in [2.45, 2.75) is 31.9 Å². The van der Waals surface area contributed by atoms with Gasteiger partial charge in [0, 0.05) is 12.1 Å². The van der Waals surface area contributed by atoms with Gasteiger partial charge in [-0.25, -0.2) is 4.68 Å². The summed E-state index contributed by atoms with van der Waals surface area (Å²) < 4.78 is 0.974. The zero-order chi connectivity index (χ0) is 14.0. The summed E-state index contributed by atoms with van der Waals surface area (Å²) in [6.45, 7) is 2.32. The monoisotopic (exact) mass is 267 g/mol. The van der Waals surface area contributed by atoms with Crippen LogP contribution >= 0.6 is 0 Å². The molecule has 0 atom stereocenters. The Kier molecular flexibility index (Phi) is 3.57. The minimum Gasteiger partial charge on any atom is -0.386 e. The lowest BCUT2D eigenvalue weighted by molar-refractivity contribution is -0.157. The number of hydrogen-bond donors (Lipinski definition) is 2. The molecule has 1 saturated heterocycles. The molecule has 1 fully saturated rings. The van der Waals surface area contributed by atoms with Crippen LogP contribution in [0.25, 0.3) is 0 Å². The van der Waals surface area contributed by atoms with Crippen LogP contribution in [0.15, 0.2) is 21.7 Å². The number of likely N-dealkylation sites (tertiary alicyclic amines) is 1. The van der Waals surface area contributed by atoms with Gasteiger partial charge in [-0.2, -0.15) is 0 Å². The molecular formula is C12H17N3O4.